The number of hydrogen-bond acceptors (Lipinski definition) is 3. The van der Waals surface area contributed by atoms with Crippen LogP contribution in [0.4, 0.5) is 4.79 Å². The first-order valence-corrected chi connectivity index (χ1v) is 6.02. The van der Waals surface area contributed by atoms with E-state index in [1.165, 1.54) is 0 Å². The molecule has 0 aliphatic heterocycles. The average molecular weight is 240 g/mol. The molecule has 1 amide bonds. The highest BCUT2D eigenvalue weighted by Crippen LogP contribution is 2.05. The fourth-order valence-corrected chi connectivity index (χ4v) is 1.26. The smallest absolute Gasteiger partial charge is 0.407 e. The number of ether oxygens (including phenoxy) is 1. The first-order chi connectivity index (χ1) is 7.89. The minimum atomic E-state index is -0.451. The van der Waals surface area contributed by atoms with Crippen molar-refractivity contribution < 1.29 is 9.53 Å². The van der Waals surface area contributed by atoms with Crippen molar-refractivity contribution in [2.75, 3.05) is 13.1 Å². The second-order valence-electron chi connectivity index (χ2n) is 4.90. The van der Waals surface area contributed by atoms with Crippen molar-refractivity contribution in [2.45, 2.75) is 52.2 Å². The maximum atomic E-state index is 11.3. The number of hydrogen-bond donors (Lipinski definition) is 2. The van der Waals surface area contributed by atoms with E-state index in [9.17, 15) is 4.79 Å². The van der Waals surface area contributed by atoms with Gasteiger partial charge in [-0.25, -0.2) is 4.79 Å². The molecule has 0 aromatic carbocycles. The van der Waals surface area contributed by atoms with Gasteiger partial charge in [-0.15, -0.1) is 12.3 Å². The van der Waals surface area contributed by atoms with Crippen molar-refractivity contribution in [3.8, 4) is 12.3 Å². The van der Waals surface area contributed by atoms with Crippen molar-refractivity contribution in [1.29, 1.82) is 0 Å². The molecule has 4 nitrogen and oxygen atoms in total. The van der Waals surface area contributed by atoms with E-state index in [4.69, 9.17) is 11.2 Å². The molecule has 0 fully saturated rings. The third-order valence-corrected chi connectivity index (χ3v) is 2.08. The monoisotopic (exact) mass is 240 g/mol. The minimum Gasteiger partial charge on any atom is -0.444 e. The molecule has 0 aromatic heterocycles. The van der Waals surface area contributed by atoms with Gasteiger partial charge in [-0.3, -0.25) is 0 Å². The van der Waals surface area contributed by atoms with Gasteiger partial charge in [0, 0.05) is 25.6 Å². The molecule has 2 N–H and O–H groups in total. The fourth-order valence-electron chi connectivity index (χ4n) is 1.26. The number of alkyl carbamates (subject to hydrolysis) is 1. The van der Waals surface area contributed by atoms with E-state index < -0.39 is 5.60 Å². The summed E-state index contributed by atoms with van der Waals surface area (Å²) in [4.78, 5) is 11.3. The van der Waals surface area contributed by atoms with Crippen molar-refractivity contribution >= 4 is 6.09 Å². The Hall–Kier alpha value is -1.21. The van der Waals surface area contributed by atoms with Crippen LogP contribution in [0.3, 0.4) is 0 Å². The summed E-state index contributed by atoms with van der Waals surface area (Å²) in [5.41, 5.74) is -0.451. The second kappa shape index (κ2) is 7.97. The number of amides is 1. The van der Waals surface area contributed by atoms with Gasteiger partial charge in [-0.1, -0.05) is 6.92 Å². The summed E-state index contributed by atoms with van der Waals surface area (Å²) in [6.07, 6.45) is 6.56. The maximum Gasteiger partial charge on any atom is 0.407 e. The first-order valence-electron chi connectivity index (χ1n) is 6.02. The van der Waals surface area contributed by atoms with Crippen LogP contribution in [0.2, 0.25) is 0 Å². The van der Waals surface area contributed by atoms with E-state index in [0.717, 1.165) is 6.42 Å². The zero-order valence-electron chi connectivity index (χ0n) is 11.3. The molecule has 0 radical (unpaired) electrons. The number of nitrogens with one attached hydrogen (secondary N) is 2. The molecule has 17 heavy (non-hydrogen) atoms. The number of carbonyl (C=O) groups is 1. The van der Waals surface area contributed by atoms with Gasteiger partial charge < -0.3 is 15.4 Å². The number of rotatable bonds is 6. The van der Waals surface area contributed by atoms with Crippen LogP contribution < -0.4 is 10.6 Å². The van der Waals surface area contributed by atoms with Gasteiger partial charge in [-0.05, 0) is 27.2 Å². The summed E-state index contributed by atoms with van der Waals surface area (Å²) in [5, 5.41) is 5.96. The SMILES string of the molecule is C#CCC(CC)NCCNC(=O)OC(C)(C)C. The average Bonchev–Trinajstić information content (AvgIpc) is 2.20. The predicted octanol–water partition coefficient (Wildman–Crippen LogP) is 1.90. The molecule has 0 spiro atoms. The molecule has 0 bridgehead atoms. The van der Waals surface area contributed by atoms with Gasteiger partial charge in [0.2, 0.25) is 0 Å². The molecule has 0 aromatic rings. The van der Waals surface area contributed by atoms with Crippen LogP contribution in [0.15, 0.2) is 0 Å². The van der Waals surface area contributed by atoms with Crippen LogP contribution >= 0.6 is 0 Å². The Morgan fingerprint density at radius 3 is 2.53 bits per heavy atom. The molecule has 98 valence electrons. The van der Waals surface area contributed by atoms with E-state index in [1.807, 2.05) is 20.8 Å². The third-order valence-electron chi connectivity index (χ3n) is 2.08. The van der Waals surface area contributed by atoms with Crippen LogP contribution in [0, 0.1) is 12.3 Å². The zero-order valence-corrected chi connectivity index (χ0v) is 11.3. The lowest BCUT2D eigenvalue weighted by atomic mass is 10.1. The molecule has 4 heteroatoms. The molecule has 0 heterocycles. The molecule has 1 unspecified atom stereocenters. The van der Waals surface area contributed by atoms with E-state index in [0.29, 0.717) is 25.6 Å². The van der Waals surface area contributed by atoms with Gasteiger partial charge in [-0.2, -0.15) is 0 Å². The largest absolute Gasteiger partial charge is 0.444 e. The van der Waals surface area contributed by atoms with Gasteiger partial charge in [0.05, 0.1) is 0 Å². The van der Waals surface area contributed by atoms with Crippen LogP contribution in [-0.2, 0) is 4.74 Å². The predicted molar refractivity (Wildman–Crippen MR) is 69.8 cm³/mol. The molecular formula is C13H24N2O2. The van der Waals surface area contributed by atoms with Crippen LogP contribution in [-0.4, -0.2) is 30.8 Å². The summed E-state index contributed by atoms with van der Waals surface area (Å²) >= 11 is 0. The minimum absolute atomic E-state index is 0.320. The molecule has 0 saturated heterocycles. The molecule has 0 rings (SSSR count). The lowest BCUT2D eigenvalue weighted by Crippen LogP contribution is -2.39. The Bertz CT molecular complexity index is 264. The zero-order chi connectivity index (χ0) is 13.3. The maximum absolute atomic E-state index is 11.3. The van der Waals surface area contributed by atoms with Crippen LogP contribution in [0.5, 0.6) is 0 Å². The number of carbonyl (C=O) groups excluding carboxylic acids is 1. The van der Waals surface area contributed by atoms with Crippen molar-refractivity contribution in [2.24, 2.45) is 0 Å². The van der Waals surface area contributed by atoms with E-state index in [2.05, 4.69) is 23.5 Å². The summed E-state index contributed by atoms with van der Waals surface area (Å²) < 4.78 is 5.11. The third kappa shape index (κ3) is 9.70. The lowest BCUT2D eigenvalue weighted by molar-refractivity contribution is 0.0528. The Morgan fingerprint density at radius 2 is 2.06 bits per heavy atom. The first kappa shape index (κ1) is 15.8. The van der Waals surface area contributed by atoms with Gasteiger partial charge >= 0.3 is 6.09 Å². The topological polar surface area (TPSA) is 50.4 Å². The second-order valence-corrected chi connectivity index (χ2v) is 4.90. The quantitative estimate of drug-likeness (QED) is 0.551. The van der Waals surface area contributed by atoms with Crippen molar-refractivity contribution in [1.82, 2.24) is 10.6 Å². The van der Waals surface area contributed by atoms with Crippen molar-refractivity contribution in [3.05, 3.63) is 0 Å². The Balaban J connectivity index is 3.64. The van der Waals surface area contributed by atoms with Crippen LogP contribution in [0.25, 0.3) is 0 Å². The molecule has 1 atom stereocenters. The van der Waals surface area contributed by atoms with Gasteiger partial charge in [0.25, 0.3) is 0 Å². The van der Waals surface area contributed by atoms with Crippen LogP contribution in [0.1, 0.15) is 40.5 Å². The Morgan fingerprint density at radius 1 is 1.41 bits per heavy atom. The van der Waals surface area contributed by atoms with E-state index in [1.54, 1.807) is 0 Å². The summed E-state index contributed by atoms with van der Waals surface area (Å²) in [6.45, 7) is 8.83. The normalized spacial score (nSPS) is 12.6. The summed E-state index contributed by atoms with van der Waals surface area (Å²) in [6, 6.07) is 0.320. The highest BCUT2D eigenvalue weighted by molar-refractivity contribution is 5.67. The standard InChI is InChI=1S/C13H24N2O2/c1-6-8-11(7-2)14-9-10-15-12(16)17-13(3,4)5/h1,11,14H,7-10H2,2-5H3,(H,15,16). The van der Waals surface area contributed by atoms with Gasteiger partial charge in [0.15, 0.2) is 0 Å². The Labute approximate surface area is 104 Å². The molecular weight excluding hydrogens is 216 g/mol. The van der Waals surface area contributed by atoms with Gasteiger partial charge in [0.1, 0.15) is 5.60 Å². The highest BCUT2D eigenvalue weighted by Gasteiger charge is 2.15. The fraction of sp³-hybridized carbons (Fsp3) is 0.769. The van der Waals surface area contributed by atoms with E-state index in [-0.39, 0.29) is 6.09 Å². The summed E-state index contributed by atoms with van der Waals surface area (Å²) in [7, 11) is 0. The Kier molecular flexibility index (Phi) is 7.40. The molecule has 0 aliphatic carbocycles. The summed E-state index contributed by atoms with van der Waals surface area (Å²) in [5.74, 6) is 2.62. The lowest BCUT2D eigenvalue weighted by Gasteiger charge is -2.20. The van der Waals surface area contributed by atoms with E-state index >= 15 is 0 Å². The molecule has 0 saturated carbocycles. The molecule has 0 aliphatic rings. The highest BCUT2D eigenvalue weighted by atomic mass is 16.6. The number of terminal acetylenes is 1. The van der Waals surface area contributed by atoms with Crippen molar-refractivity contribution in [3.63, 3.8) is 0 Å².